The number of carbonyl (C=O) groups excluding carboxylic acids is 3. The number of carbonyl (C=O) groups is 3. The molecular formula is C21H14ClNO6S. The van der Waals surface area contributed by atoms with Gasteiger partial charge in [-0.1, -0.05) is 11.6 Å². The fraction of sp³-hybridized carbons (Fsp3) is 0.0952. The van der Waals surface area contributed by atoms with Gasteiger partial charge in [0.05, 0.1) is 18.6 Å². The third-order valence-electron chi connectivity index (χ3n) is 4.26. The molecule has 7 nitrogen and oxygen atoms in total. The Hall–Kier alpha value is -3.23. The van der Waals surface area contributed by atoms with Gasteiger partial charge in [0, 0.05) is 16.7 Å². The Labute approximate surface area is 180 Å². The van der Waals surface area contributed by atoms with Crippen molar-refractivity contribution in [3.8, 4) is 11.3 Å². The lowest BCUT2D eigenvalue weighted by molar-refractivity contribution is -0.123. The van der Waals surface area contributed by atoms with E-state index >= 15 is 0 Å². The maximum absolute atomic E-state index is 12.7. The molecule has 9 heteroatoms. The SMILES string of the molecule is COC(=O)c1ccc(CN2C(=O)S/C(=C/c3ccc(-c4ccc(Cl)cc4)o3)C2=O)o1. The fourth-order valence-corrected chi connectivity index (χ4v) is 3.74. The Kier molecular flexibility index (Phi) is 5.52. The van der Waals surface area contributed by atoms with E-state index in [0.717, 1.165) is 22.2 Å². The number of hydrogen-bond donors (Lipinski definition) is 0. The molecule has 1 aromatic carbocycles. The molecule has 2 aromatic heterocycles. The van der Waals surface area contributed by atoms with Crippen molar-refractivity contribution in [3.63, 3.8) is 0 Å². The number of thioether (sulfide) groups is 1. The van der Waals surface area contributed by atoms with Gasteiger partial charge in [0.2, 0.25) is 5.76 Å². The molecule has 1 saturated heterocycles. The molecule has 0 N–H and O–H groups in total. The zero-order chi connectivity index (χ0) is 21.3. The van der Waals surface area contributed by atoms with E-state index in [4.69, 9.17) is 20.4 Å². The summed E-state index contributed by atoms with van der Waals surface area (Å²) in [6.45, 7) is -0.0901. The van der Waals surface area contributed by atoms with E-state index in [-0.39, 0.29) is 17.2 Å². The first-order valence-electron chi connectivity index (χ1n) is 8.73. The number of methoxy groups -OCH3 is 1. The summed E-state index contributed by atoms with van der Waals surface area (Å²) in [6, 6.07) is 13.6. The molecule has 0 unspecified atom stereocenters. The Morgan fingerprint density at radius 1 is 1.10 bits per heavy atom. The highest BCUT2D eigenvalue weighted by molar-refractivity contribution is 8.18. The Balaban J connectivity index is 1.50. The molecule has 0 spiro atoms. The van der Waals surface area contributed by atoms with Crippen LogP contribution in [0, 0.1) is 0 Å². The maximum atomic E-state index is 12.7. The molecule has 0 aliphatic carbocycles. The predicted octanol–water partition coefficient (Wildman–Crippen LogP) is 5.22. The molecule has 0 saturated carbocycles. The van der Waals surface area contributed by atoms with Gasteiger partial charge in [0.15, 0.2) is 0 Å². The highest BCUT2D eigenvalue weighted by Gasteiger charge is 2.36. The van der Waals surface area contributed by atoms with Gasteiger partial charge >= 0.3 is 5.97 Å². The van der Waals surface area contributed by atoms with Gasteiger partial charge in [0.25, 0.3) is 11.1 Å². The van der Waals surface area contributed by atoms with Crippen molar-refractivity contribution in [2.24, 2.45) is 0 Å². The lowest BCUT2D eigenvalue weighted by Crippen LogP contribution is -2.27. The summed E-state index contributed by atoms with van der Waals surface area (Å²) in [5.74, 6) is 0.247. The summed E-state index contributed by atoms with van der Waals surface area (Å²) >= 11 is 6.71. The molecule has 0 bridgehead atoms. The summed E-state index contributed by atoms with van der Waals surface area (Å²) in [6.07, 6.45) is 1.52. The lowest BCUT2D eigenvalue weighted by Gasteiger charge is -2.09. The quantitative estimate of drug-likeness (QED) is 0.394. The second kappa shape index (κ2) is 8.25. The van der Waals surface area contributed by atoms with E-state index in [2.05, 4.69) is 4.74 Å². The maximum Gasteiger partial charge on any atom is 0.373 e. The second-order valence-electron chi connectivity index (χ2n) is 6.23. The molecule has 1 aliphatic rings. The van der Waals surface area contributed by atoms with Crippen LogP contribution in [-0.2, 0) is 16.1 Å². The molecule has 3 heterocycles. The summed E-state index contributed by atoms with van der Waals surface area (Å²) in [7, 11) is 1.23. The number of hydrogen-bond acceptors (Lipinski definition) is 7. The topological polar surface area (TPSA) is 90.0 Å². The first kappa shape index (κ1) is 20.1. The van der Waals surface area contributed by atoms with Gasteiger partial charge in [-0.05, 0) is 60.3 Å². The number of benzene rings is 1. The van der Waals surface area contributed by atoms with E-state index in [0.29, 0.717) is 22.3 Å². The van der Waals surface area contributed by atoms with E-state index in [1.165, 1.54) is 25.3 Å². The number of halogens is 1. The molecule has 3 aromatic rings. The minimum atomic E-state index is -0.635. The molecule has 0 radical (unpaired) electrons. The number of rotatable bonds is 5. The van der Waals surface area contributed by atoms with Crippen LogP contribution in [0.4, 0.5) is 4.79 Å². The number of furan rings is 2. The zero-order valence-electron chi connectivity index (χ0n) is 15.6. The van der Waals surface area contributed by atoms with Gasteiger partial charge in [-0.15, -0.1) is 0 Å². The molecule has 0 atom stereocenters. The zero-order valence-corrected chi connectivity index (χ0v) is 17.2. The lowest BCUT2D eigenvalue weighted by atomic mass is 10.2. The number of ether oxygens (including phenoxy) is 1. The average Bonchev–Trinajstić information content (AvgIpc) is 3.45. The monoisotopic (exact) mass is 443 g/mol. The van der Waals surface area contributed by atoms with Crippen LogP contribution in [0.25, 0.3) is 17.4 Å². The Morgan fingerprint density at radius 2 is 1.87 bits per heavy atom. The predicted molar refractivity (Wildman–Crippen MR) is 111 cm³/mol. The molecule has 2 amide bonds. The van der Waals surface area contributed by atoms with Crippen molar-refractivity contribution in [1.29, 1.82) is 0 Å². The summed E-state index contributed by atoms with van der Waals surface area (Å²) in [5, 5.41) is 0.182. The standard InChI is InChI=1S/C21H14ClNO6S/c1-27-20(25)17-9-7-15(29-17)11-23-19(24)18(30-21(23)26)10-14-6-8-16(28-14)12-2-4-13(22)5-3-12/h2-10H,11H2,1H3/b18-10+. The molecule has 1 aliphatic heterocycles. The van der Waals surface area contributed by atoms with Gasteiger partial charge in [0.1, 0.15) is 17.3 Å². The molecule has 4 rings (SSSR count). The van der Waals surface area contributed by atoms with Crippen molar-refractivity contribution in [1.82, 2.24) is 4.90 Å². The Bertz CT molecular complexity index is 1160. The van der Waals surface area contributed by atoms with Crippen LogP contribution in [0.1, 0.15) is 22.1 Å². The third-order valence-corrected chi connectivity index (χ3v) is 5.42. The highest BCUT2D eigenvalue weighted by Crippen LogP contribution is 2.34. The molecular weight excluding hydrogens is 430 g/mol. The van der Waals surface area contributed by atoms with Crippen molar-refractivity contribution >= 4 is 46.6 Å². The van der Waals surface area contributed by atoms with Gasteiger partial charge in [-0.25, -0.2) is 4.79 Å². The van der Waals surface area contributed by atoms with E-state index < -0.39 is 17.1 Å². The van der Waals surface area contributed by atoms with Crippen LogP contribution in [0.5, 0.6) is 0 Å². The third kappa shape index (κ3) is 4.05. The normalized spacial score (nSPS) is 15.3. The fourth-order valence-electron chi connectivity index (χ4n) is 2.79. The van der Waals surface area contributed by atoms with Gasteiger partial charge in [-0.2, -0.15) is 0 Å². The minimum Gasteiger partial charge on any atom is -0.463 e. The number of nitrogens with zero attached hydrogens (tertiary/aromatic N) is 1. The van der Waals surface area contributed by atoms with Crippen molar-refractivity contribution in [2.45, 2.75) is 6.54 Å². The van der Waals surface area contributed by atoms with Crippen LogP contribution < -0.4 is 0 Å². The van der Waals surface area contributed by atoms with E-state index in [1.807, 2.05) is 12.1 Å². The van der Waals surface area contributed by atoms with Crippen molar-refractivity contribution < 1.29 is 28.0 Å². The second-order valence-corrected chi connectivity index (χ2v) is 7.66. The van der Waals surface area contributed by atoms with E-state index in [9.17, 15) is 14.4 Å². The average molecular weight is 444 g/mol. The summed E-state index contributed by atoms with van der Waals surface area (Å²) < 4.78 is 15.7. The number of esters is 1. The Morgan fingerprint density at radius 3 is 2.60 bits per heavy atom. The number of amides is 2. The van der Waals surface area contributed by atoms with Gasteiger partial charge < -0.3 is 13.6 Å². The molecule has 30 heavy (non-hydrogen) atoms. The largest absolute Gasteiger partial charge is 0.463 e. The van der Waals surface area contributed by atoms with Gasteiger partial charge in [-0.3, -0.25) is 14.5 Å². The first-order valence-corrected chi connectivity index (χ1v) is 9.92. The molecule has 1 fully saturated rings. The van der Waals surface area contributed by atoms with Crippen LogP contribution >= 0.6 is 23.4 Å². The van der Waals surface area contributed by atoms with Crippen LogP contribution in [0.3, 0.4) is 0 Å². The molecule has 152 valence electrons. The number of imide groups is 1. The minimum absolute atomic E-state index is 0.000304. The highest BCUT2D eigenvalue weighted by atomic mass is 35.5. The smallest absolute Gasteiger partial charge is 0.373 e. The summed E-state index contributed by atoms with van der Waals surface area (Å²) in [5.41, 5.74) is 0.839. The van der Waals surface area contributed by atoms with Crippen LogP contribution in [0.15, 0.2) is 62.3 Å². The van der Waals surface area contributed by atoms with Crippen LogP contribution in [0.2, 0.25) is 5.02 Å². The van der Waals surface area contributed by atoms with Crippen LogP contribution in [-0.4, -0.2) is 29.1 Å². The first-order chi connectivity index (χ1) is 14.4. The van der Waals surface area contributed by atoms with Crippen molar-refractivity contribution in [3.05, 3.63) is 75.7 Å². The summed E-state index contributed by atoms with van der Waals surface area (Å²) in [4.78, 5) is 37.7. The van der Waals surface area contributed by atoms with Crippen molar-refractivity contribution in [2.75, 3.05) is 7.11 Å². The van der Waals surface area contributed by atoms with E-state index in [1.54, 1.807) is 24.3 Å².